The van der Waals surface area contributed by atoms with Crippen LogP contribution in [0.25, 0.3) is 0 Å². The summed E-state index contributed by atoms with van der Waals surface area (Å²) in [5.41, 5.74) is 0.00495. The number of thiazole rings is 1. The number of aromatic carboxylic acids is 1. The highest BCUT2D eigenvalue weighted by Crippen LogP contribution is 2.09. The lowest BCUT2D eigenvalue weighted by molar-refractivity contribution is 0.0691. The zero-order chi connectivity index (χ0) is 14.8. The van der Waals surface area contributed by atoms with Gasteiger partial charge in [0.25, 0.3) is 0 Å². The monoisotopic (exact) mass is 301 g/mol. The third-order valence-corrected chi connectivity index (χ3v) is 3.33. The van der Waals surface area contributed by atoms with Crippen molar-refractivity contribution < 1.29 is 19.4 Å². The van der Waals surface area contributed by atoms with Crippen LogP contribution in [0.15, 0.2) is 5.38 Å². The number of carbonyl (C=O) groups excluding carboxylic acids is 1. The highest BCUT2D eigenvalue weighted by atomic mass is 32.1. The molecule has 0 aliphatic rings. The molecule has 0 aliphatic heterocycles. The van der Waals surface area contributed by atoms with E-state index in [4.69, 9.17) is 9.84 Å². The van der Waals surface area contributed by atoms with Gasteiger partial charge in [0.1, 0.15) is 5.01 Å². The van der Waals surface area contributed by atoms with E-state index in [1.807, 2.05) is 0 Å². The van der Waals surface area contributed by atoms with E-state index in [1.165, 1.54) is 16.7 Å². The maximum Gasteiger partial charge on any atom is 0.355 e. The van der Waals surface area contributed by atoms with Gasteiger partial charge < -0.3 is 20.5 Å². The summed E-state index contributed by atoms with van der Waals surface area (Å²) in [6.45, 7) is 1.57. The van der Waals surface area contributed by atoms with E-state index in [9.17, 15) is 9.59 Å². The van der Waals surface area contributed by atoms with Crippen LogP contribution in [0.5, 0.6) is 0 Å². The maximum absolute atomic E-state index is 11.5. The van der Waals surface area contributed by atoms with Crippen molar-refractivity contribution in [3.63, 3.8) is 0 Å². The molecular formula is C12H19N3O4S. The van der Waals surface area contributed by atoms with Gasteiger partial charge in [0, 0.05) is 25.6 Å². The summed E-state index contributed by atoms with van der Waals surface area (Å²) < 4.78 is 4.93. The molecule has 0 saturated heterocycles. The largest absolute Gasteiger partial charge is 0.476 e. The van der Waals surface area contributed by atoms with Crippen molar-refractivity contribution in [3.8, 4) is 0 Å². The number of aromatic nitrogens is 1. The fourth-order valence-electron chi connectivity index (χ4n) is 1.46. The van der Waals surface area contributed by atoms with E-state index in [0.29, 0.717) is 11.6 Å². The first-order valence-electron chi connectivity index (χ1n) is 6.32. The van der Waals surface area contributed by atoms with Crippen LogP contribution in [-0.2, 0) is 11.3 Å². The van der Waals surface area contributed by atoms with Crippen LogP contribution in [-0.4, -0.2) is 42.4 Å². The van der Waals surface area contributed by atoms with E-state index in [0.717, 1.165) is 25.9 Å². The van der Waals surface area contributed by atoms with Crippen LogP contribution >= 0.6 is 11.3 Å². The van der Waals surface area contributed by atoms with Crippen molar-refractivity contribution in [2.45, 2.75) is 25.8 Å². The molecule has 8 heteroatoms. The Morgan fingerprint density at radius 3 is 2.80 bits per heavy atom. The predicted molar refractivity (Wildman–Crippen MR) is 75.0 cm³/mol. The van der Waals surface area contributed by atoms with E-state index in [1.54, 1.807) is 7.11 Å². The molecule has 1 rings (SSSR count). The third-order valence-electron chi connectivity index (χ3n) is 2.48. The Morgan fingerprint density at radius 1 is 1.35 bits per heavy atom. The number of urea groups is 1. The van der Waals surface area contributed by atoms with Crippen LogP contribution in [0.2, 0.25) is 0 Å². The molecule has 1 heterocycles. The van der Waals surface area contributed by atoms with Crippen LogP contribution in [0.1, 0.15) is 34.8 Å². The Balaban J connectivity index is 2.11. The van der Waals surface area contributed by atoms with Crippen molar-refractivity contribution in [1.82, 2.24) is 15.6 Å². The Hall–Kier alpha value is -1.67. The molecule has 7 nitrogen and oxygen atoms in total. The lowest BCUT2D eigenvalue weighted by Crippen LogP contribution is -2.35. The summed E-state index contributed by atoms with van der Waals surface area (Å²) in [4.78, 5) is 26.0. The first kappa shape index (κ1) is 16.4. The standard InChI is InChI=1S/C12H19N3O4S/c1-19-6-4-2-3-5-13-12(18)14-7-10-15-9(8-20-10)11(16)17/h8H,2-7H2,1H3,(H,16,17)(H2,13,14,18). The number of carboxylic acid groups (broad SMARTS) is 1. The third kappa shape index (κ3) is 6.48. The van der Waals surface area contributed by atoms with Gasteiger partial charge >= 0.3 is 12.0 Å². The van der Waals surface area contributed by atoms with Gasteiger partial charge in [-0.15, -0.1) is 11.3 Å². The number of unbranched alkanes of at least 4 members (excludes halogenated alkanes) is 2. The van der Waals surface area contributed by atoms with Gasteiger partial charge in [0.05, 0.1) is 6.54 Å². The van der Waals surface area contributed by atoms with E-state index >= 15 is 0 Å². The number of rotatable bonds is 9. The molecule has 1 aromatic rings. The van der Waals surface area contributed by atoms with Crippen molar-refractivity contribution in [1.29, 1.82) is 0 Å². The summed E-state index contributed by atoms with van der Waals surface area (Å²) in [5.74, 6) is -1.06. The second-order valence-corrected chi connectivity index (χ2v) is 5.04. The second-order valence-electron chi connectivity index (χ2n) is 4.09. The molecule has 1 aromatic heterocycles. The van der Waals surface area contributed by atoms with Gasteiger partial charge in [-0.25, -0.2) is 14.6 Å². The molecule has 0 saturated carbocycles. The topological polar surface area (TPSA) is 101 Å². The number of ether oxygens (including phenoxy) is 1. The molecule has 0 fully saturated rings. The summed E-state index contributed by atoms with van der Waals surface area (Å²) in [6.07, 6.45) is 2.89. The number of hydrogen-bond acceptors (Lipinski definition) is 5. The van der Waals surface area contributed by atoms with Gasteiger partial charge in [-0.05, 0) is 19.3 Å². The van der Waals surface area contributed by atoms with E-state index in [-0.39, 0.29) is 18.3 Å². The van der Waals surface area contributed by atoms with Gasteiger partial charge in [0.2, 0.25) is 0 Å². The number of amides is 2. The molecule has 0 unspecified atom stereocenters. The molecule has 0 aliphatic carbocycles. The van der Waals surface area contributed by atoms with Crippen LogP contribution in [0.4, 0.5) is 4.79 Å². The Bertz CT molecular complexity index is 436. The number of carboxylic acids is 1. The molecule has 2 amide bonds. The summed E-state index contributed by atoms with van der Waals surface area (Å²) >= 11 is 1.21. The molecule has 0 radical (unpaired) electrons. The number of methoxy groups -OCH3 is 1. The quantitative estimate of drug-likeness (QED) is 0.599. The first-order valence-corrected chi connectivity index (χ1v) is 7.19. The number of nitrogens with zero attached hydrogens (tertiary/aromatic N) is 1. The van der Waals surface area contributed by atoms with Gasteiger partial charge in [-0.2, -0.15) is 0 Å². The van der Waals surface area contributed by atoms with Crippen LogP contribution in [0.3, 0.4) is 0 Å². The van der Waals surface area contributed by atoms with Crippen molar-refractivity contribution in [2.75, 3.05) is 20.3 Å². The molecule has 20 heavy (non-hydrogen) atoms. The lowest BCUT2D eigenvalue weighted by atomic mass is 10.2. The van der Waals surface area contributed by atoms with Crippen LogP contribution in [0, 0.1) is 0 Å². The second kappa shape index (κ2) is 9.27. The van der Waals surface area contributed by atoms with Crippen molar-refractivity contribution in [3.05, 3.63) is 16.1 Å². The minimum Gasteiger partial charge on any atom is -0.476 e. The fourth-order valence-corrected chi connectivity index (χ4v) is 2.17. The normalized spacial score (nSPS) is 10.2. The van der Waals surface area contributed by atoms with Gasteiger partial charge in [0.15, 0.2) is 5.69 Å². The van der Waals surface area contributed by atoms with Crippen molar-refractivity contribution in [2.24, 2.45) is 0 Å². The molecule has 0 atom stereocenters. The predicted octanol–water partition coefficient (Wildman–Crippen LogP) is 1.46. The van der Waals surface area contributed by atoms with Gasteiger partial charge in [-0.1, -0.05) is 0 Å². The van der Waals surface area contributed by atoms with Gasteiger partial charge in [-0.3, -0.25) is 0 Å². The highest BCUT2D eigenvalue weighted by molar-refractivity contribution is 7.09. The molecule has 3 N–H and O–H groups in total. The smallest absolute Gasteiger partial charge is 0.355 e. The molecular weight excluding hydrogens is 282 g/mol. The first-order chi connectivity index (χ1) is 9.63. The number of hydrogen-bond donors (Lipinski definition) is 3. The molecule has 0 spiro atoms. The highest BCUT2D eigenvalue weighted by Gasteiger charge is 2.09. The molecule has 0 aromatic carbocycles. The number of nitrogens with one attached hydrogen (secondary N) is 2. The minimum absolute atomic E-state index is 0.00495. The Kier molecular flexibility index (Phi) is 7.59. The fraction of sp³-hybridized carbons (Fsp3) is 0.583. The Morgan fingerprint density at radius 2 is 2.15 bits per heavy atom. The average molecular weight is 301 g/mol. The minimum atomic E-state index is -1.06. The number of carbonyl (C=O) groups is 2. The molecule has 112 valence electrons. The molecule has 0 bridgehead atoms. The van der Waals surface area contributed by atoms with E-state index in [2.05, 4.69) is 15.6 Å². The lowest BCUT2D eigenvalue weighted by Gasteiger charge is -2.06. The maximum atomic E-state index is 11.5. The van der Waals surface area contributed by atoms with Crippen molar-refractivity contribution >= 4 is 23.3 Å². The zero-order valence-electron chi connectivity index (χ0n) is 11.3. The summed E-state index contributed by atoms with van der Waals surface area (Å²) in [5, 5.41) is 16.1. The Labute approximate surface area is 121 Å². The summed E-state index contributed by atoms with van der Waals surface area (Å²) in [7, 11) is 1.67. The zero-order valence-corrected chi connectivity index (χ0v) is 12.2. The summed E-state index contributed by atoms with van der Waals surface area (Å²) in [6, 6.07) is -0.274. The van der Waals surface area contributed by atoms with Crippen LogP contribution < -0.4 is 10.6 Å². The SMILES string of the molecule is COCCCCCNC(=O)NCc1nc(C(=O)O)cs1. The van der Waals surface area contributed by atoms with E-state index < -0.39 is 5.97 Å². The average Bonchev–Trinajstić information content (AvgIpc) is 2.89.